The third-order valence-corrected chi connectivity index (χ3v) is 4.27. The monoisotopic (exact) mass is 351 g/mol. The predicted molar refractivity (Wildman–Crippen MR) is 74.5 cm³/mol. The lowest BCUT2D eigenvalue weighted by molar-refractivity contribution is -0.140. The molecule has 0 aromatic heterocycles. The fraction of sp³-hybridized carbons (Fsp3) is 0.364. The first-order chi connectivity index (χ1) is 8.85. The molecule has 0 amide bonds. The summed E-state index contributed by atoms with van der Waals surface area (Å²) in [7, 11) is -2.37. The molecule has 0 bridgehead atoms. The van der Waals surface area contributed by atoms with Crippen molar-refractivity contribution in [2.24, 2.45) is 0 Å². The molecule has 2 N–H and O–H groups in total. The minimum Gasteiger partial charge on any atom is -0.505 e. The van der Waals surface area contributed by atoms with Gasteiger partial charge in [-0.2, -0.15) is 0 Å². The Kier molecular flexibility index (Phi) is 5.61. The molecule has 1 aromatic carbocycles. The molecule has 0 saturated heterocycles. The van der Waals surface area contributed by atoms with Gasteiger partial charge in [0.05, 0.1) is 23.0 Å². The van der Waals surface area contributed by atoms with Crippen molar-refractivity contribution in [3.8, 4) is 5.75 Å². The minimum atomic E-state index is -3.62. The minimum absolute atomic E-state index is 0.0296. The molecular formula is C11H14BrNO5S. The highest BCUT2D eigenvalue weighted by atomic mass is 79.9. The van der Waals surface area contributed by atoms with Gasteiger partial charge in [0.1, 0.15) is 0 Å². The van der Waals surface area contributed by atoms with Crippen LogP contribution in [0.2, 0.25) is 0 Å². The van der Waals surface area contributed by atoms with Gasteiger partial charge in [-0.05, 0) is 34.5 Å². The predicted octanol–water partition coefficient (Wildman–Crippen LogP) is 1.85. The fourth-order valence-corrected chi connectivity index (χ4v) is 2.82. The van der Waals surface area contributed by atoms with Gasteiger partial charge in [0.2, 0.25) is 10.0 Å². The molecule has 1 aromatic rings. The number of carbonyl (C=O) groups excluding carboxylic acids is 1. The van der Waals surface area contributed by atoms with Crippen LogP contribution in [0.3, 0.4) is 0 Å². The first-order valence-corrected chi connectivity index (χ1v) is 7.85. The smallest absolute Gasteiger partial charge is 0.305 e. The van der Waals surface area contributed by atoms with E-state index in [-0.39, 0.29) is 30.0 Å². The number of benzene rings is 1. The number of hydrogen-bond acceptors (Lipinski definition) is 5. The number of nitrogens with one attached hydrogen (secondary N) is 1. The van der Waals surface area contributed by atoms with Crippen LogP contribution in [0.25, 0.3) is 0 Å². The van der Waals surface area contributed by atoms with Crippen molar-refractivity contribution >= 4 is 37.6 Å². The van der Waals surface area contributed by atoms with E-state index >= 15 is 0 Å². The van der Waals surface area contributed by atoms with Gasteiger partial charge in [0, 0.05) is 6.42 Å². The number of carbonyl (C=O) groups is 1. The van der Waals surface area contributed by atoms with E-state index in [1.54, 1.807) is 12.1 Å². The van der Waals surface area contributed by atoms with Gasteiger partial charge in [-0.15, -0.1) is 0 Å². The van der Waals surface area contributed by atoms with E-state index in [1.165, 1.54) is 13.2 Å². The van der Waals surface area contributed by atoms with Gasteiger partial charge < -0.3 is 9.84 Å². The van der Waals surface area contributed by atoms with Crippen molar-refractivity contribution in [2.45, 2.75) is 12.8 Å². The molecule has 0 spiro atoms. The SMILES string of the molecule is COC(=O)CCCS(=O)(=O)Nc1cccc(Br)c1O. The molecule has 0 aliphatic carbocycles. The summed E-state index contributed by atoms with van der Waals surface area (Å²) < 4.78 is 30.6. The summed E-state index contributed by atoms with van der Waals surface area (Å²) in [6, 6.07) is 4.62. The van der Waals surface area contributed by atoms with Gasteiger partial charge in [-0.1, -0.05) is 6.07 Å². The van der Waals surface area contributed by atoms with Crippen molar-refractivity contribution in [1.82, 2.24) is 0 Å². The second kappa shape index (κ2) is 6.76. The average Bonchev–Trinajstić information content (AvgIpc) is 2.34. The summed E-state index contributed by atoms with van der Waals surface area (Å²) in [6.07, 6.45) is 0.179. The van der Waals surface area contributed by atoms with E-state index in [9.17, 15) is 18.3 Å². The first kappa shape index (κ1) is 15.8. The van der Waals surface area contributed by atoms with E-state index < -0.39 is 16.0 Å². The number of ether oxygens (including phenoxy) is 1. The van der Waals surface area contributed by atoms with Crippen molar-refractivity contribution in [3.05, 3.63) is 22.7 Å². The molecule has 0 heterocycles. The maximum Gasteiger partial charge on any atom is 0.305 e. The Hall–Kier alpha value is -1.28. The van der Waals surface area contributed by atoms with Crippen molar-refractivity contribution in [2.75, 3.05) is 17.6 Å². The Morgan fingerprint density at radius 1 is 1.47 bits per heavy atom. The molecule has 0 fully saturated rings. The topological polar surface area (TPSA) is 92.7 Å². The van der Waals surface area contributed by atoms with Gasteiger partial charge in [0.25, 0.3) is 0 Å². The number of phenolic OH excluding ortho intramolecular Hbond substituents is 1. The second-order valence-corrected chi connectivity index (χ2v) is 6.43. The summed E-state index contributed by atoms with van der Waals surface area (Å²) in [5.41, 5.74) is 0.0902. The Morgan fingerprint density at radius 3 is 2.79 bits per heavy atom. The largest absolute Gasteiger partial charge is 0.505 e. The number of sulfonamides is 1. The number of rotatable bonds is 6. The molecule has 0 aliphatic rings. The summed E-state index contributed by atoms with van der Waals surface area (Å²) in [6.45, 7) is 0. The normalized spacial score (nSPS) is 11.1. The highest BCUT2D eigenvalue weighted by Gasteiger charge is 2.14. The molecule has 19 heavy (non-hydrogen) atoms. The zero-order chi connectivity index (χ0) is 14.5. The molecule has 0 saturated carbocycles. The fourth-order valence-electron chi connectivity index (χ4n) is 1.32. The highest BCUT2D eigenvalue weighted by molar-refractivity contribution is 9.10. The Balaban J connectivity index is 2.64. The molecule has 0 aliphatic heterocycles. The standard InChI is InChI=1S/C11H14BrNO5S/c1-18-10(14)6-3-7-19(16,17)13-9-5-2-4-8(12)11(9)15/h2,4-5,13,15H,3,6-7H2,1H3. The Labute approximate surface area is 120 Å². The van der Waals surface area contributed by atoms with Gasteiger partial charge in [0.15, 0.2) is 5.75 Å². The lowest BCUT2D eigenvalue weighted by atomic mass is 10.3. The van der Waals surface area contributed by atoms with Crippen LogP contribution < -0.4 is 4.72 Å². The first-order valence-electron chi connectivity index (χ1n) is 5.40. The van der Waals surface area contributed by atoms with Crippen LogP contribution in [-0.2, 0) is 19.6 Å². The van der Waals surface area contributed by atoms with E-state index in [1.807, 2.05) is 0 Å². The molecule has 0 radical (unpaired) electrons. The summed E-state index contributed by atoms with van der Waals surface area (Å²) in [5.74, 6) is -0.867. The van der Waals surface area contributed by atoms with Crippen LogP contribution in [0.4, 0.5) is 5.69 Å². The van der Waals surface area contributed by atoms with Crippen LogP contribution in [0.1, 0.15) is 12.8 Å². The Bertz CT molecular complexity index is 558. The maximum atomic E-state index is 11.7. The molecule has 0 unspecified atom stereocenters. The van der Waals surface area contributed by atoms with Gasteiger partial charge in [-0.25, -0.2) is 8.42 Å². The molecule has 6 nitrogen and oxygen atoms in total. The number of para-hydroxylation sites is 1. The van der Waals surface area contributed by atoms with E-state index in [2.05, 4.69) is 25.4 Å². The summed E-state index contributed by atoms with van der Waals surface area (Å²) in [5, 5.41) is 9.66. The number of halogens is 1. The van der Waals surface area contributed by atoms with Crippen molar-refractivity contribution in [3.63, 3.8) is 0 Å². The molecule has 0 atom stereocenters. The van der Waals surface area contributed by atoms with Crippen LogP contribution in [0.15, 0.2) is 22.7 Å². The van der Waals surface area contributed by atoms with Crippen molar-refractivity contribution < 1.29 is 23.1 Å². The molecule has 8 heteroatoms. The quantitative estimate of drug-likeness (QED) is 0.602. The Morgan fingerprint density at radius 2 is 2.16 bits per heavy atom. The third-order valence-electron chi connectivity index (χ3n) is 2.27. The van der Waals surface area contributed by atoms with Gasteiger partial charge in [-0.3, -0.25) is 9.52 Å². The number of phenols is 1. The highest BCUT2D eigenvalue weighted by Crippen LogP contribution is 2.32. The van der Waals surface area contributed by atoms with E-state index in [0.717, 1.165) is 0 Å². The number of aromatic hydroxyl groups is 1. The molecular weight excluding hydrogens is 338 g/mol. The zero-order valence-corrected chi connectivity index (χ0v) is 12.6. The number of esters is 1. The average molecular weight is 352 g/mol. The maximum absolute atomic E-state index is 11.7. The van der Waals surface area contributed by atoms with Gasteiger partial charge >= 0.3 is 5.97 Å². The number of methoxy groups -OCH3 is 1. The van der Waals surface area contributed by atoms with Crippen LogP contribution in [-0.4, -0.2) is 32.4 Å². The lowest BCUT2D eigenvalue weighted by Gasteiger charge is -2.10. The van der Waals surface area contributed by atoms with Crippen LogP contribution in [0, 0.1) is 0 Å². The molecule has 1 rings (SSSR count). The lowest BCUT2D eigenvalue weighted by Crippen LogP contribution is -2.17. The van der Waals surface area contributed by atoms with E-state index in [0.29, 0.717) is 4.47 Å². The summed E-state index contributed by atoms with van der Waals surface area (Å²) in [4.78, 5) is 10.9. The number of anilines is 1. The third kappa shape index (κ3) is 5.07. The van der Waals surface area contributed by atoms with E-state index in [4.69, 9.17) is 0 Å². The van der Waals surface area contributed by atoms with Crippen LogP contribution in [0.5, 0.6) is 5.75 Å². The number of hydrogen-bond donors (Lipinski definition) is 2. The molecule has 106 valence electrons. The van der Waals surface area contributed by atoms with Crippen molar-refractivity contribution in [1.29, 1.82) is 0 Å². The van der Waals surface area contributed by atoms with Crippen LogP contribution >= 0.6 is 15.9 Å². The summed E-state index contributed by atoms with van der Waals surface area (Å²) >= 11 is 3.09. The zero-order valence-electron chi connectivity index (χ0n) is 10.2. The second-order valence-electron chi connectivity index (χ2n) is 3.74.